The number of thioether (sulfide) groups is 1. The average molecular weight is 540 g/mol. The normalized spacial score (nSPS) is 11.6. The maximum atomic E-state index is 11.5. The van der Waals surface area contributed by atoms with Gasteiger partial charge in [-0.1, -0.05) is 59.2 Å². The molecular formula is C25H19Cl2N5O3S. The summed E-state index contributed by atoms with van der Waals surface area (Å²) in [6.45, 7) is 1.63. The summed E-state index contributed by atoms with van der Waals surface area (Å²) in [4.78, 5) is 11.1. The highest BCUT2D eigenvalue weighted by atomic mass is 35.5. The number of nitrogens with zero attached hydrogens (tertiary/aromatic N) is 5. The topological polar surface area (TPSA) is 107 Å². The standard InChI is InChI=1S/C25H19Cl2N5O3S/c1-16-29-30-25(32(16)21-9-7-20(26)8-10-21)36-24(14-31(33)34)17-6-11-23(22(27)12-17)35-15-19-5-3-2-4-18(19)13-28/h2-12,24H,14-15H2,1H3/t24-/m0/s1. The van der Waals surface area contributed by atoms with Gasteiger partial charge in [0.1, 0.15) is 23.4 Å². The highest BCUT2D eigenvalue weighted by molar-refractivity contribution is 7.99. The van der Waals surface area contributed by atoms with Crippen LogP contribution in [0.2, 0.25) is 10.0 Å². The maximum absolute atomic E-state index is 11.5. The van der Waals surface area contributed by atoms with Gasteiger partial charge < -0.3 is 4.74 Å². The molecule has 0 amide bonds. The molecule has 11 heteroatoms. The van der Waals surface area contributed by atoms with Gasteiger partial charge in [-0.15, -0.1) is 10.2 Å². The number of hydrogen-bond acceptors (Lipinski definition) is 7. The molecule has 3 aromatic carbocycles. The highest BCUT2D eigenvalue weighted by Crippen LogP contribution is 2.39. The maximum Gasteiger partial charge on any atom is 0.220 e. The van der Waals surface area contributed by atoms with E-state index in [2.05, 4.69) is 16.3 Å². The minimum absolute atomic E-state index is 0.166. The second kappa shape index (κ2) is 11.4. The van der Waals surface area contributed by atoms with Gasteiger partial charge >= 0.3 is 0 Å². The molecule has 0 aliphatic heterocycles. The molecule has 4 aromatic rings. The van der Waals surface area contributed by atoms with Crippen molar-refractivity contribution in [1.29, 1.82) is 5.26 Å². The average Bonchev–Trinajstić information content (AvgIpc) is 3.23. The van der Waals surface area contributed by atoms with Crippen LogP contribution in [0.3, 0.4) is 0 Å². The van der Waals surface area contributed by atoms with Gasteiger partial charge in [-0.25, -0.2) is 0 Å². The smallest absolute Gasteiger partial charge is 0.220 e. The Kier molecular flexibility index (Phi) is 8.10. The van der Waals surface area contributed by atoms with Crippen LogP contribution >= 0.6 is 35.0 Å². The summed E-state index contributed by atoms with van der Waals surface area (Å²) >= 11 is 13.7. The van der Waals surface area contributed by atoms with E-state index in [1.54, 1.807) is 42.5 Å². The summed E-state index contributed by atoms with van der Waals surface area (Å²) in [5, 5.41) is 30.0. The molecule has 0 aliphatic carbocycles. The lowest BCUT2D eigenvalue weighted by Crippen LogP contribution is -2.11. The molecule has 0 fully saturated rings. The van der Waals surface area contributed by atoms with Crippen molar-refractivity contribution in [2.45, 2.75) is 23.9 Å². The van der Waals surface area contributed by atoms with Crippen molar-refractivity contribution < 1.29 is 9.66 Å². The molecule has 8 nitrogen and oxygen atoms in total. The van der Waals surface area contributed by atoms with Crippen molar-refractivity contribution in [3.63, 3.8) is 0 Å². The van der Waals surface area contributed by atoms with Crippen molar-refractivity contribution >= 4 is 35.0 Å². The van der Waals surface area contributed by atoms with E-state index in [9.17, 15) is 15.4 Å². The highest BCUT2D eigenvalue weighted by Gasteiger charge is 2.24. The van der Waals surface area contributed by atoms with E-state index in [0.717, 1.165) is 11.3 Å². The van der Waals surface area contributed by atoms with E-state index in [1.807, 2.05) is 35.8 Å². The van der Waals surface area contributed by atoms with Crippen molar-refractivity contribution in [2.24, 2.45) is 0 Å². The molecule has 0 bridgehead atoms. The summed E-state index contributed by atoms with van der Waals surface area (Å²) in [6, 6.07) is 21.5. The first kappa shape index (κ1) is 25.5. The second-order valence-electron chi connectivity index (χ2n) is 7.71. The molecule has 0 spiro atoms. The van der Waals surface area contributed by atoms with Crippen LogP contribution in [0.25, 0.3) is 5.69 Å². The number of hydrogen-bond donors (Lipinski definition) is 0. The molecule has 1 atom stereocenters. The van der Waals surface area contributed by atoms with Crippen molar-refractivity contribution in [3.8, 4) is 17.5 Å². The third-order valence-electron chi connectivity index (χ3n) is 5.29. The predicted molar refractivity (Wildman–Crippen MR) is 139 cm³/mol. The molecule has 0 N–H and O–H groups in total. The van der Waals surface area contributed by atoms with Crippen LogP contribution in [0.15, 0.2) is 71.9 Å². The van der Waals surface area contributed by atoms with Crippen molar-refractivity contribution in [2.75, 3.05) is 6.54 Å². The number of halogens is 2. The fraction of sp³-hybridized carbons (Fsp3) is 0.160. The lowest BCUT2D eigenvalue weighted by Gasteiger charge is -2.16. The van der Waals surface area contributed by atoms with E-state index in [1.165, 1.54) is 11.8 Å². The minimum atomic E-state index is -0.583. The molecule has 1 heterocycles. The van der Waals surface area contributed by atoms with Crippen LogP contribution < -0.4 is 4.74 Å². The summed E-state index contributed by atoms with van der Waals surface area (Å²) < 4.78 is 7.65. The first-order chi connectivity index (χ1) is 17.4. The second-order valence-corrected chi connectivity index (χ2v) is 9.72. The van der Waals surface area contributed by atoms with Gasteiger partial charge in [0.15, 0.2) is 5.16 Å². The molecule has 182 valence electrons. The summed E-state index contributed by atoms with van der Waals surface area (Å²) in [6.07, 6.45) is 0. The first-order valence-electron chi connectivity index (χ1n) is 10.7. The molecule has 0 unspecified atom stereocenters. The fourth-order valence-electron chi connectivity index (χ4n) is 3.53. The molecule has 0 aliphatic rings. The molecule has 1 aromatic heterocycles. The monoisotopic (exact) mass is 539 g/mol. The quantitative estimate of drug-likeness (QED) is 0.137. The van der Waals surface area contributed by atoms with Gasteiger partial charge in [-0.3, -0.25) is 14.7 Å². The Hall–Kier alpha value is -3.58. The fourth-order valence-corrected chi connectivity index (χ4v) is 5.06. The van der Waals surface area contributed by atoms with Gasteiger partial charge in [0.05, 0.1) is 16.7 Å². The van der Waals surface area contributed by atoms with Crippen LogP contribution in [-0.2, 0) is 6.61 Å². The largest absolute Gasteiger partial charge is 0.487 e. The number of nitriles is 1. The van der Waals surface area contributed by atoms with Crippen LogP contribution in [0.4, 0.5) is 0 Å². The van der Waals surface area contributed by atoms with Crippen molar-refractivity contribution in [1.82, 2.24) is 14.8 Å². The predicted octanol–water partition coefficient (Wildman–Crippen LogP) is 6.44. The van der Waals surface area contributed by atoms with Crippen LogP contribution in [-0.4, -0.2) is 26.2 Å². The third-order valence-corrected chi connectivity index (χ3v) is 7.02. The Morgan fingerprint density at radius 3 is 2.58 bits per heavy atom. The SMILES string of the molecule is Cc1nnc(S[C@@H](C[N+](=O)[O-])c2ccc(OCc3ccccc3C#N)c(Cl)c2)n1-c1ccc(Cl)cc1. The number of rotatable bonds is 9. The van der Waals surface area contributed by atoms with Gasteiger partial charge in [0, 0.05) is 21.2 Å². The number of benzene rings is 3. The van der Waals surface area contributed by atoms with Crippen LogP contribution in [0.1, 0.15) is 27.8 Å². The number of nitro groups is 1. The Morgan fingerprint density at radius 2 is 1.89 bits per heavy atom. The Bertz CT molecular complexity index is 1440. The first-order valence-corrected chi connectivity index (χ1v) is 12.4. The molecule has 0 saturated carbocycles. The molecule has 0 radical (unpaired) electrons. The van der Waals surface area contributed by atoms with Gasteiger partial charge in [-0.05, 0) is 55.0 Å². The molecule has 36 heavy (non-hydrogen) atoms. The van der Waals surface area contributed by atoms with E-state index >= 15 is 0 Å². The minimum Gasteiger partial charge on any atom is -0.487 e. The summed E-state index contributed by atoms with van der Waals surface area (Å²) in [7, 11) is 0. The van der Waals surface area contributed by atoms with E-state index in [4.69, 9.17) is 27.9 Å². The van der Waals surface area contributed by atoms with E-state index < -0.39 is 5.25 Å². The van der Waals surface area contributed by atoms with Crippen molar-refractivity contribution in [3.05, 3.63) is 109 Å². The zero-order valence-corrected chi connectivity index (χ0v) is 21.3. The number of aryl methyl sites for hydroxylation is 1. The number of aromatic nitrogens is 3. The van der Waals surface area contributed by atoms with Gasteiger partial charge in [0.2, 0.25) is 6.54 Å². The number of ether oxygens (including phenoxy) is 1. The zero-order valence-electron chi connectivity index (χ0n) is 19.0. The Balaban J connectivity index is 1.58. The Labute approximate surface area is 221 Å². The molecule has 0 saturated heterocycles. The zero-order chi connectivity index (χ0) is 25.7. The summed E-state index contributed by atoms with van der Waals surface area (Å²) in [5.41, 5.74) is 2.70. The van der Waals surface area contributed by atoms with Gasteiger partial charge in [-0.2, -0.15) is 5.26 Å². The lowest BCUT2D eigenvalue weighted by atomic mass is 10.1. The summed E-state index contributed by atoms with van der Waals surface area (Å²) in [5.74, 6) is 1.05. The van der Waals surface area contributed by atoms with E-state index in [0.29, 0.717) is 37.9 Å². The molecule has 4 rings (SSSR count). The lowest BCUT2D eigenvalue weighted by molar-refractivity contribution is -0.479. The third kappa shape index (κ3) is 5.97. The van der Waals surface area contributed by atoms with Crippen LogP contribution in [0.5, 0.6) is 5.75 Å². The Morgan fingerprint density at radius 1 is 1.14 bits per heavy atom. The van der Waals surface area contributed by atoms with Crippen LogP contribution in [0, 0.1) is 28.4 Å². The molecular weight excluding hydrogens is 521 g/mol. The van der Waals surface area contributed by atoms with E-state index in [-0.39, 0.29) is 18.1 Å². The van der Waals surface area contributed by atoms with Gasteiger partial charge in [0.25, 0.3) is 0 Å².